The van der Waals surface area contributed by atoms with Crippen LogP contribution in [0.15, 0.2) is 60.8 Å². The van der Waals surface area contributed by atoms with Gasteiger partial charge < -0.3 is 14.8 Å². The lowest BCUT2D eigenvalue weighted by atomic mass is 10.1. The zero-order valence-corrected chi connectivity index (χ0v) is 19.0. The van der Waals surface area contributed by atoms with Crippen LogP contribution in [0.25, 0.3) is 0 Å². The molecule has 8 nitrogen and oxygen atoms in total. The van der Waals surface area contributed by atoms with Gasteiger partial charge in [0.2, 0.25) is 0 Å². The summed E-state index contributed by atoms with van der Waals surface area (Å²) in [6.07, 6.45) is 3.81. The molecular formula is C25H31N5O3. The Morgan fingerprint density at radius 1 is 1.15 bits per heavy atom. The fourth-order valence-corrected chi connectivity index (χ4v) is 3.88. The quantitative estimate of drug-likeness (QED) is 0.513. The van der Waals surface area contributed by atoms with Crippen molar-refractivity contribution >= 4 is 5.91 Å². The maximum Gasteiger partial charge on any atom is 0.273 e. The lowest BCUT2D eigenvalue weighted by Gasteiger charge is -2.31. The number of amides is 1. The average Bonchev–Trinajstić information content (AvgIpc) is 3.32. The Morgan fingerprint density at radius 2 is 1.94 bits per heavy atom. The Kier molecular flexibility index (Phi) is 8.05. The van der Waals surface area contributed by atoms with E-state index in [0.29, 0.717) is 31.4 Å². The summed E-state index contributed by atoms with van der Waals surface area (Å²) < 4.78 is 13.0. The molecule has 8 heteroatoms. The lowest BCUT2D eigenvalue weighted by molar-refractivity contribution is 0.0392. The minimum Gasteiger partial charge on any atom is -0.492 e. The number of carbonyl (C=O) groups is 1. The Hall–Kier alpha value is -3.23. The van der Waals surface area contributed by atoms with Crippen molar-refractivity contribution in [3.8, 4) is 5.75 Å². The van der Waals surface area contributed by atoms with Crippen molar-refractivity contribution in [2.75, 3.05) is 33.4 Å². The van der Waals surface area contributed by atoms with Gasteiger partial charge in [-0.1, -0.05) is 47.7 Å². The van der Waals surface area contributed by atoms with E-state index in [9.17, 15) is 4.79 Å². The van der Waals surface area contributed by atoms with Gasteiger partial charge in [0.25, 0.3) is 5.91 Å². The molecule has 1 amide bonds. The molecule has 1 saturated heterocycles. The molecular weight excluding hydrogens is 418 g/mol. The summed E-state index contributed by atoms with van der Waals surface area (Å²) in [5.41, 5.74) is 2.37. The van der Waals surface area contributed by atoms with Crippen LogP contribution in [0, 0.1) is 0 Å². The van der Waals surface area contributed by atoms with Crippen LogP contribution in [0.3, 0.4) is 0 Å². The lowest BCUT2D eigenvalue weighted by Crippen LogP contribution is -2.38. The number of likely N-dealkylation sites (N-methyl/N-ethyl adjacent to an activating group) is 1. The van der Waals surface area contributed by atoms with E-state index in [0.717, 1.165) is 49.5 Å². The number of carbonyl (C=O) groups excluding carboxylic acids is 1. The van der Waals surface area contributed by atoms with Gasteiger partial charge in [-0.15, -0.1) is 5.10 Å². The first-order valence-corrected chi connectivity index (χ1v) is 11.4. The number of benzene rings is 2. The van der Waals surface area contributed by atoms with Crippen molar-refractivity contribution in [1.82, 2.24) is 25.2 Å². The highest BCUT2D eigenvalue weighted by Gasteiger charge is 2.18. The summed E-state index contributed by atoms with van der Waals surface area (Å²) in [4.78, 5) is 14.8. The van der Waals surface area contributed by atoms with Gasteiger partial charge in [-0.2, -0.15) is 0 Å². The maximum atomic E-state index is 12.5. The molecule has 0 aliphatic carbocycles. The van der Waals surface area contributed by atoms with E-state index in [1.165, 1.54) is 0 Å². The SMILES string of the molecule is CN(CCOc1cccc(CNC(=O)c2cn(Cc3ccccc3)nn2)c1)C1CCOCC1. The van der Waals surface area contributed by atoms with Crippen molar-refractivity contribution < 1.29 is 14.3 Å². The van der Waals surface area contributed by atoms with E-state index in [1.807, 2.05) is 54.6 Å². The van der Waals surface area contributed by atoms with Gasteiger partial charge in [-0.05, 0) is 43.1 Å². The second-order valence-corrected chi connectivity index (χ2v) is 8.29. The third kappa shape index (κ3) is 6.87. The molecule has 33 heavy (non-hydrogen) atoms. The van der Waals surface area contributed by atoms with Gasteiger partial charge >= 0.3 is 0 Å². The van der Waals surface area contributed by atoms with Gasteiger partial charge in [0.1, 0.15) is 12.4 Å². The summed E-state index contributed by atoms with van der Waals surface area (Å²) in [5, 5.41) is 11.0. The third-order valence-electron chi connectivity index (χ3n) is 5.84. The van der Waals surface area contributed by atoms with Crippen molar-refractivity contribution in [3.63, 3.8) is 0 Å². The normalized spacial score (nSPS) is 14.4. The van der Waals surface area contributed by atoms with Gasteiger partial charge in [0.15, 0.2) is 5.69 Å². The maximum absolute atomic E-state index is 12.5. The molecule has 0 unspecified atom stereocenters. The predicted molar refractivity (Wildman–Crippen MR) is 125 cm³/mol. The number of aromatic nitrogens is 3. The fraction of sp³-hybridized carbons (Fsp3) is 0.400. The molecule has 2 aromatic carbocycles. The van der Waals surface area contributed by atoms with E-state index in [1.54, 1.807) is 10.9 Å². The number of nitrogens with one attached hydrogen (secondary N) is 1. The minimum atomic E-state index is -0.251. The number of hydrogen-bond acceptors (Lipinski definition) is 6. The zero-order chi connectivity index (χ0) is 22.9. The molecule has 0 radical (unpaired) electrons. The molecule has 1 aliphatic heterocycles. The second kappa shape index (κ2) is 11.6. The van der Waals surface area contributed by atoms with Crippen molar-refractivity contribution in [2.24, 2.45) is 0 Å². The second-order valence-electron chi connectivity index (χ2n) is 8.29. The van der Waals surface area contributed by atoms with Crippen LogP contribution in [0.2, 0.25) is 0 Å². The molecule has 0 saturated carbocycles. The molecule has 2 heterocycles. The highest BCUT2D eigenvalue weighted by Crippen LogP contribution is 2.15. The highest BCUT2D eigenvalue weighted by molar-refractivity contribution is 5.91. The molecule has 3 aromatic rings. The number of hydrogen-bond donors (Lipinski definition) is 1. The highest BCUT2D eigenvalue weighted by atomic mass is 16.5. The van der Waals surface area contributed by atoms with E-state index in [2.05, 4.69) is 27.6 Å². The largest absolute Gasteiger partial charge is 0.492 e. The van der Waals surface area contributed by atoms with Gasteiger partial charge in [-0.3, -0.25) is 9.69 Å². The Morgan fingerprint density at radius 3 is 2.76 bits per heavy atom. The summed E-state index contributed by atoms with van der Waals surface area (Å²) >= 11 is 0. The van der Waals surface area contributed by atoms with Crippen LogP contribution in [0.1, 0.15) is 34.5 Å². The van der Waals surface area contributed by atoms with Crippen molar-refractivity contribution in [1.29, 1.82) is 0 Å². The summed E-state index contributed by atoms with van der Waals surface area (Å²) in [7, 11) is 2.14. The van der Waals surface area contributed by atoms with Crippen LogP contribution in [0.4, 0.5) is 0 Å². The van der Waals surface area contributed by atoms with Crippen LogP contribution in [-0.2, 0) is 17.8 Å². The monoisotopic (exact) mass is 449 g/mol. The number of nitrogens with zero attached hydrogens (tertiary/aromatic N) is 4. The number of ether oxygens (including phenoxy) is 2. The van der Waals surface area contributed by atoms with E-state index >= 15 is 0 Å². The first kappa shape index (κ1) is 22.9. The fourth-order valence-electron chi connectivity index (χ4n) is 3.88. The molecule has 0 spiro atoms. The van der Waals surface area contributed by atoms with E-state index < -0.39 is 0 Å². The summed E-state index contributed by atoms with van der Waals surface area (Å²) in [6, 6.07) is 18.3. The topological polar surface area (TPSA) is 81.5 Å². The molecule has 4 rings (SSSR count). The molecule has 1 N–H and O–H groups in total. The zero-order valence-electron chi connectivity index (χ0n) is 19.0. The van der Waals surface area contributed by atoms with Crippen LogP contribution in [0.5, 0.6) is 5.75 Å². The van der Waals surface area contributed by atoms with Crippen LogP contribution < -0.4 is 10.1 Å². The Balaban J connectivity index is 1.22. The molecule has 1 aromatic heterocycles. The summed E-state index contributed by atoms with van der Waals surface area (Å²) in [5.74, 6) is 0.551. The predicted octanol–water partition coefficient (Wildman–Crippen LogP) is 2.75. The van der Waals surface area contributed by atoms with E-state index in [-0.39, 0.29) is 5.91 Å². The van der Waals surface area contributed by atoms with Gasteiger partial charge in [-0.25, -0.2) is 4.68 Å². The smallest absolute Gasteiger partial charge is 0.273 e. The average molecular weight is 450 g/mol. The minimum absolute atomic E-state index is 0.251. The molecule has 174 valence electrons. The van der Waals surface area contributed by atoms with Crippen molar-refractivity contribution in [2.45, 2.75) is 32.0 Å². The standard InChI is InChI=1S/C25H31N5O3/c1-29(22-10-13-32-14-11-22)12-15-33-23-9-5-8-21(16-23)17-26-25(31)24-19-30(28-27-24)18-20-6-3-2-4-7-20/h2-9,16,19,22H,10-15,17-18H2,1H3,(H,26,31). The van der Waals surface area contributed by atoms with Crippen molar-refractivity contribution in [3.05, 3.63) is 77.6 Å². The molecule has 1 aliphatic rings. The first-order valence-electron chi connectivity index (χ1n) is 11.4. The van der Waals surface area contributed by atoms with Gasteiger partial charge in [0.05, 0.1) is 12.7 Å². The Bertz CT molecular complexity index is 1020. The van der Waals surface area contributed by atoms with Crippen LogP contribution in [-0.4, -0.2) is 65.3 Å². The van der Waals surface area contributed by atoms with Crippen LogP contribution >= 0.6 is 0 Å². The van der Waals surface area contributed by atoms with E-state index in [4.69, 9.17) is 9.47 Å². The third-order valence-corrected chi connectivity index (χ3v) is 5.84. The summed E-state index contributed by atoms with van der Waals surface area (Å²) in [6.45, 7) is 4.13. The molecule has 1 fully saturated rings. The molecule has 0 bridgehead atoms. The molecule has 0 atom stereocenters. The Labute approximate surface area is 194 Å². The number of rotatable bonds is 10. The first-order chi connectivity index (χ1) is 16.2. The van der Waals surface area contributed by atoms with Gasteiger partial charge in [0, 0.05) is 32.3 Å².